The number of rotatable bonds is 7. The third-order valence-corrected chi connectivity index (χ3v) is 6.56. The fraction of sp³-hybridized carbons (Fsp3) is 0.556. The van der Waals surface area contributed by atoms with Gasteiger partial charge in [0, 0.05) is 13.1 Å². The molecule has 8 heteroatoms. The summed E-state index contributed by atoms with van der Waals surface area (Å²) in [5.41, 5.74) is 0.883. The van der Waals surface area contributed by atoms with Crippen molar-refractivity contribution in [3.63, 3.8) is 0 Å². The predicted octanol–water partition coefficient (Wildman–Crippen LogP) is 3.11. The third-order valence-electron chi connectivity index (χ3n) is 4.63. The van der Waals surface area contributed by atoms with Crippen molar-refractivity contribution in [1.82, 2.24) is 14.5 Å². The van der Waals surface area contributed by atoms with Crippen LogP contribution >= 0.6 is 0 Å². The van der Waals surface area contributed by atoms with E-state index in [1.165, 1.54) is 12.1 Å². The average molecular weight is 381 g/mol. The Morgan fingerprint density at radius 2 is 2.04 bits per heavy atom. The molecule has 2 aromatic rings. The molecule has 26 heavy (non-hydrogen) atoms. The van der Waals surface area contributed by atoms with Crippen LogP contribution in [0, 0.1) is 5.82 Å². The molecule has 2 heterocycles. The molecule has 1 aliphatic rings. The summed E-state index contributed by atoms with van der Waals surface area (Å²) in [5, 5.41) is 8.19. The third kappa shape index (κ3) is 4.67. The summed E-state index contributed by atoms with van der Waals surface area (Å²) in [5.74, 6) is 0.770. The van der Waals surface area contributed by atoms with Crippen LogP contribution in [0.15, 0.2) is 28.7 Å². The fourth-order valence-electron chi connectivity index (χ4n) is 3.13. The van der Waals surface area contributed by atoms with Crippen LogP contribution in [0.1, 0.15) is 55.9 Å². The Balaban J connectivity index is 1.65. The first kappa shape index (κ1) is 19.0. The van der Waals surface area contributed by atoms with E-state index in [0.717, 1.165) is 24.8 Å². The predicted molar refractivity (Wildman–Crippen MR) is 95.7 cm³/mol. The van der Waals surface area contributed by atoms with E-state index < -0.39 is 10.0 Å². The summed E-state index contributed by atoms with van der Waals surface area (Å²) in [6.45, 7) is 2.93. The van der Waals surface area contributed by atoms with E-state index in [-0.39, 0.29) is 17.5 Å². The summed E-state index contributed by atoms with van der Waals surface area (Å²) in [7, 11) is -3.22. The lowest BCUT2D eigenvalue weighted by atomic mass is 10.00. The van der Waals surface area contributed by atoms with Gasteiger partial charge < -0.3 is 4.42 Å². The molecule has 1 aliphatic heterocycles. The van der Waals surface area contributed by atoms with Crippen LogP contribution in [0.25, 0.3) is 0 Å². The van der Waals surface area contributed by atoms with Crippen LogP contribution in [0.5, 0.6) is 0 Å². The summed E-state index contributed by atoms with van der Waals surface area (Å²) >= 11 is 0. The zero-order valence-corrected chi connectivity index (χ0v) is 15.7. The molecule has 142 valence electrons. The molecular formula is C18H24FN3O3S. The second kappa shape index (κ2) is 8.26. The Kier molecular flexibility index (Phi) is 6.03. The number of nitrogens with zero attached hydrogens (tertiary/aromatic N) is 3. The van der Waals surface area contributed by atoms with Gasteiger partial charge in [-0.1, -0.05) is 25.5 Å². The fourth-order valence-corrected chi connectivity index (χ4v) is 4.86. The van der Waals surface area contributed by atoms with E-state index in [2.05, 4.69) is 10.2 Å². The molecule has 1 atom stereocenters. The quantitative estimate of drug-likeness (QED) is 0.737. The lowest BCUT2D eigenvalue weighted by Crippen LogP contribution is -2.40. The Hall–Kier alpha value is -1.80. The van der Waals surface area contributed by atoms with Crippen molar-refractivity contribution in [1.29, 1.82) is 0 Å². The lowest BCUT2D eigenvalue weighted by molar-refractivity contribution is 0.281. The van der Waals surface area contributed by atoms with Crippen LogP contribution in [0.4, 0.5) is 4.39 Å². The number of piperidine rings is 1. The van der Waals surface area contributed by atoms with E-state index in [9.17, 15) is 12.8 Å². The number of sulfonamides is 1. The molecule has 1 aromatic carbocycles. The highest BCUT2D eigenvalue weighted by Gasteiger charge is 2.31. The molecule has 0 aliphatic carbocycles. The van der Waals surface area contributed by atoms with Crippen molar-refractivity contribution in [3.8, 4) is 0 Å². The normalized spacial score (nSPS) is 18.9. The summed E-state index contributed by atoms with van der Waals surface area (Å²) in [4.78, 5) is 0. The van der Waals surface area contributed by atoms with Gasteiger partial charge in [0.2, 0.25) is 21.8 Å². The zero-order valence-electron chi connectivity index (χ0n) is 14.9. The molecular weight excluding hydrogens is 357 g/mol. The van der Waals surface area contributed by atoms with Crippen molar-refractivity contribution < 1.29 is 17.2 Å². The van der Waals surface area contributed by atoms with Gasteiger partial charge in [-0.25, -0.2) is 17.1 Å². The highest BCUT2D eigenvalue weighted by Crippen LogP contribution is 2.28. The van der Waals surface area contributed by atoms with Crippen LogP contribution in [-0.2, 0) is 16.4 Å². The number of benzene rings is 1. The van der Waals surface area contributed by atoms with Crippen LogP contribution in [-0.4, -0.2) is 41.8 Å². The lowest BCUT2D eigenvalue weighted by Gasteiger charge is -2.30. The highest BCUT2D eigenvalue weighted by atomic mass is 32.2. The largest absolute Gasteiger partial charge is 0.425 e. The molecule has 0 spiro atoms. The molecule has 0 bridgehead atoms. The smallest absolute Gasteiger partial charge is 0.220 e. The first-order chi connectivity index (χ1) is 12.5. The Bertz CT molecular complexity index is 820. The molecule has 0 radical (unpaired) electrons. The maximum atomic E-state index is 13.0. The summed E-state index contributed by atoms with van der Waals surface area (Å²) in [6.07, 6.45) is 3.57. The van der Waals surface area contributed by atoms with Gasteiger partial charge in [0.25, 0.3) is 0 Å². The molecule has 1 saturated heterocycles. The minimum absolute atomic E-state index is 0.0744. The molecule has 0 amide bonds. The zero-order chi connectivity index (χ0) is 18.6. The van der Waals surface area contributed by atoms with Gasteiger partial charge >= 0.3 is 0 Å². The highest BCUT2D eigenvalue weighted by molar-refractivity contribution is 7.89. The van der Waals surface area contributed by atoms with Crippen molar-refractivity contribution in [2.75, 3.05) is 18.8 Å². The number of hydrogen-bond donors (Lipinski definition) is 0. The standard InChI is InChI=1S/C18H24FN3O3S/c1-2-3-11-26(23,24)22-10-4-5-15(13-22)18-21-20-17(25-18)12-14-6-8-16(19)9-7-14/h6-9,15H,2-5,10-13H2,1H3. The van der Waals surface area contributed by atoms with Crippen LogP contribution < -0.4 is 0 Å². The van der Waals surface area contributed by atoms with Gasteiger partial charge in [-0.3, -0.25) is 0 Å². The maximum Gasteiger partial charge on any atom is 0.220 e. The summed E-state index contributed by atoms with van der Waals surface area (Å²) < 4.78 is 45.1. The molecule has 6 nitrogen and oxygen atoms in total. The van der Waals surface area contributed by atoms with E-state index in [1.54, 1.807) is 16.4 Å². The number of aromatic nitrogens is 2. The average Bonchev–Trinajstić information content (AvgIpc) is 3.11. The Morgan fingerprint density at radius 3 is 2.77 bits per heavy atom. The number of halogens is 1. The van der Waals surface area contributed by atoms with Gasteiger partial charge in [0.1, 0.15) is 5.82 Å². The molecule has 1 aromatic heterocycles. The van der Waals surface area contributed by atoms with Gasteiger partial charge in [-0.15, -0.1) is 10.2 Å². The van der Waals surface area contributed by atoms with Crippen molar-refractivity contribution in [2.24, 2.45) is 0 Å². The Labute approximate surface area is 153 Å². The van der Waals surface area contributed by atoms with E-state index >= 15 is 0 Å². The van der Waals surface area contributed by atoms with Crippen LogP contribution in [0.3, 0.4) is 0 Å². The van der Waals surface area contributed by atoms with E-state index in [0.29, 0.717) is 37.7 Å². The van der Waals surface area contributed by atoms with Crippen molar-refractivity contribution >= 4 is 10.0 Å². The monoisotopic (exact) mass is 381 g/mol. The SMILES string of the molecule is CCCCS(=O)(=O)N1CCCC(c2nnc(Cc3ccc(F)cc3)o2)C1. The van der Waals surface area contributed by atoms with Crippen LogP contribution in [0.2, 0.25) is 0 Å². The van der Waals surface area contributed by atoms with Gasteiger partial charge in [-0.2, -0.15) is 0 Å². The topological polar surface area (TPSA) is 76.3 Å². The van der Waals surface area contributed by atoms with Gasteiger partial charge in [0.15, 0.2) is 0 Å². The second-order valence-electron chi connectivity index (χ2n) is 6.70. The number of hydrogen-bond acceptors (Lipinski definition) is 5. The first-order valence-corrected chi connectivity index (χ1v) is 10.6. The van der Waals surface area contributed by atoms with E-state index in [4.69, 9.17) is 4.42 Å². The number of unbranched alkanes of at least 4 members (excludes halogenated alkanes) is 1. The van der Waals surface area contributed by atoms with Gasteiger partial charge in [0.05, 0.1) is 18.1 Å². The minimum Gasteiger partial charge on any atom is -0.425 e. The summed E-state index contributed by atoms with van der Waals surface area (Å²) in [6, 6.07) is 6.16. The molecule has 3 rings (SSSR count). The maximum absolute atomic E-state index is 13.0. The molecule has 1 fully saturated rings. The first-order valence-electron chi connectivity index (χ1n) is 9.02. The van der Waals surface area contributed by atoms with Gasteiger partial charge in [-0.05, 0) is 37.0 Å². The second-order valence-corrected chi connectivity index (χ2v) is 8.79. The Morgan fingerprint density at radius 1 is 1.27 bits per heavy atom. The van der Waals surface area contributed by atoms with Crippen molar-refractivity contribution in [2.45, 2.75) is 44.9 Å². The minimum atomic E-state index is -3.22. The molecule has 1 unspecified atom stereocenters. The van der Waals surface area contributed by atoms with E-state index in [1.807, 2.05) is 6.92 Å². The molecule has 0 N–H and O–H groups in total. The van der Waals surface area contributed by atoms with Crippen molar-refractivity contribution in [3.05, 3.63) is 47.4 Å². The molecule has 0 saturated carbocycles.